The van der Waals surface area contributed by atoms with E-state index in [1.807, 2.05) is 31.2 Å². The van der Waals surface area contributed by atoms with Gasteiger partial charge in [0.2, 0.25) is 0 Å². The number of aliphatic hydroxyl groups excluding tert-OH is 1. The Morgan fingerprint density at radius 1 is 1.35 bits per heavy atom. The van der Waals surface area contributed by atoms with Crippen molar-refractivity contribution in [1.82, 2.24) is 15.2 Å². The molecule has 2 atom stereocenters. The summed E-state index contributed by atoms with van der Waals surface area (Å²) in [6.07, 6.45) is 1.87. The van der Waals surface area contributed by atoms with Crippen LogP contribution in [0.5, 0.6) is 5.75 Å². The van der Waals surface area contributed by atoms with Crippen LogP contribution in [0.4, 0.5) is 0 Å². The minimum Gasteiger partial charge on any atom is -0.494 e. The number of amides is 1. The molecule has 1 aromatic heterocycles. The topological polar surface area (TPSA) is 74.7 Å². The van der Waals surface area contributed by atoms with Gasteiger partial charge in [-0.3, -0.25) is 14.7 Å². The third-order valence-corrected chi connectivity index (χ3v) is 4.50. The Morgan fingerprint density at radius 2 is 2.23 bits per heavy atom. The lowest BCUT2D eigenvalue weighted by Gasteiger charge is -2.36. The van der Waals surface area contributed by atoms with Crippen LogP contribution in [0.25, 0.3) is 0 Å². The number of carbonyl (C=O) groups is 1. The van der Waals surface area contributed by atoms with E-state index in [0.29, 0.717) is 37.4 Å². The molecule has 1 aromatic carbocycles. The highest BCUT2D eigenvalue weighted by molar-refractivity contribution is 5.94. The molecule has 0 radical (unpaired) electrons. The highest BCUT2D eigenvalue weighted by Gasteiger charge is 2.29. The summed E-state index contributed by atoms with van der Waals surface area (Å²) in [4.78, 5) is 19.0. The van der Waals surface area contributed by atoms with Gasteiger partial charge in [-0.1, -0.05) is 12.1 Å². The van der Waals surface area contributed by atoms with Crippen LogP contribution in [0.3, 0.4) is 0 Å². The summed E-state index contributed by atoms with van der Waals surface area (Å²) in [5, 5.41) is 13.4. The lowest BCUT2D eigenvalue weighted by atomic mass is 10.0. The van der Waals surface area contributed by atoms with Crippen molar-refractivity contribution in [2.24, 2.45) is 0 Å². The summed E-state index contributed by atoms with van der Waals surface area (Å²) < 4.78 is 5.44. The van der Waals surface area contributed by atoms with E-state index in [-0.39, 0.29) is 11.9 Å². The number of nitrogens with one attached hydrogen (secondary N) is 1. The molecular formula is C20H25N3O3. The molecule has 1 aliphatic rings. The summed E-state index contributed by atoms with van der Waals surface area (Å²) >= 11 is 0. The molecule has 6 heteroatoms. The molecule has 0 unspecified atom stereocenters. The van der Waals surface area contributed by atoms with Gasteiger partial charge in [0.25, 0.3) is 5.91 Å². The number of aromatic nitrogens is 1. The average Bonchev–Trinajstić information content (AvgIpc) is 2.65. The fourth-order valence-electron chi connectivity index (χ4n) is 3.18. The standard InChI is InChI=1S/C20H25N3O3/c1-2-26-17-8-5-6-15(12-17)20(25)22-18-9-11-23(14-19(18)24)13-16-7-3-4-10-21-16/h3-8,10,12,18-19,24H,2,9,11,13-14H2,1H3,(H,22,25)/t18-,19-/m1/s1. The van der Waals surface area contributed by atoms with Gasteiger partial charge in [0.1, 0.15) is 5.75 Å². The maximum absolute atomic E-state index is 12.5. The van der Waals surface area contributed by atoms with Crippen molar-refractivity contribution in [3.63, 3.8) is 0 Å². The molecule has 2 aromatic rings. The van der Waals surface area contributed by atoms with Gasteiger partial charge < -0.3 is 15.2 Å². The van der Waals surface area contributed by atoms with Crippen molar-refractivity contribution in [3.8, 4) is 5.75 Å². The Hall–Kier alpha value is -2.44. The third kappa shape index (κ3) is 4.80. The van der Waals surface area contributed by atoms with Crippen LogP contribution in [0, 0.1) is 0 Å². The van der Waals surface area contributed by atoms with Crippen molar-refractivity contribution >= 4 is 5.91 Å². The van der Waals surface area contributed by atoms with Gasteiger partial charge >= 0.3 is 0 Å². The van der Waals surface area contributed by atoms with Crippen LogP contribution in [0.15, 0.2) is 48.7 Å². The SMILES string of the molecule is CCOc1cccc(C(=O)N[C@@H]2CCN(Cc3ccccn3)C[C@H]2O)c1. The number of hydrogen-bond acceptors (Lipinski definition) is 5. The number of β-amino-alcohol motifs (C(OH)–C–C–N with tert-alkyl or cyclic N) is 1. The number of carbonyl (C=O) groups excluding carboxylic acids is 1. The number of hydrogen-bond donors (Lipinski definition) is 2. The second-order valence-corrected chi connectivity index (χ2v) is 6.45. The van der Waals surface area contributed by atoms with Gasteiger partial charge in [0.15, 0.2) is 0 Å². The van der Waals surface area contributed by atoms with Crippen molar-refractivity contribution < 1.29 is 14.6 Å². The number of nitrogens with zero attached hydrogens (tertiary/aromatic N) is 2. The lowest BCUT2D eigenvalue weighted by Crippen LogP contribution is -2.53. The van der Waals surface area contributed by atoms with E-state index in [0.717, 1.165) is 12.2 Å². The lowest BCUT2D eigenvalue weighted by molar-refractivity contribution is 0.0345. The summed E-state index contributed by atoms with van der Waals surface area (Å²) in [7, 11) is 0. The van der Waals surface area contributed by atoms with Crippen LogP contribution in [0.1, 0.15) is 29.4 Å². The third-order valence-electron chi connectivity index (χ3n) is 4.50. The molecule has 138 valence electrons. The summed E-state index contributed by atoms with van der Waals surface area (Å²) in [6.45, 7) is 4.48. The highest BCUT2D eigenvalue weighted by atomic mass is 16.5. The van der Waals surface area contributed by atoms with Crippen molar-refractivity contribution in [2.75, 3.05) is 19.7 Å². The molecule has 0 bridgehead atoms. The highest BCUT2D eigenvalue weighted by Crippen LogP contribution is 2.16. The van der Waals surface area contributed by atoms with Gasteiger partial charge in [-0.05, 0) is 43.7 Å². The second-order valence-electron chi connectivity index (χ2n) is 6.45. The first kappa shape index (κ1) is 18.4. The first-order valence-electron chi connectivity index (χ1n) is 8.99. The molecular weight excluding hydrogens is 330 g/mol. The quantitative estimate of drug-likeness (QED) is 0.827. The van der Waals surface area contributed by atoms with Crippen LogP contribution in [-0.4, -0.2) is 52.7 Å². The zero-order chi connectivity index (χ0) is 18.4. The molecule has 0 aliphatic carbocycles. The van der Waals surface area contributed by atoms with Gasteiger partial charge in [-0.25, -0.2) is 0 Å². The van der Waals surface area contributed by atoms with E-state index in [1.165, 1.54) is 0 Å². The Bertz CT molecular complexity index is 723. The Balaban J connectivity index is 1.54. The van der Waals surface area contributed by atoms with Gasteiger partial charge in [0, 0.05) is 31.4 Å². The first-order valence-corrected chi connectivity index (χ1v) is 8.99. The predicted molar refractivity (Wildman–Crippen MR) is 99.0 cm³/mol. The Labute approximate surface area is 153 Å². The van der Waals surface area contributed by atoms with E-state index >= 15 is 0 Å². The van der Waals surface area contributed by atoms with E-state index in [1.54, 1.807) is 24.4 Å². The number of benzene rings is 1. The van der Waals surface area contributed by atoms with Crippen LogP contribution in [0.2, 0.25) is 0 Å². The number of piperidine rings is 1. The molecule has 0 spiro atoms. The molecule has 1 fully saturated rings. The number of rotatable bonds is 6. The van der Waals surface area contributed by atoms with Crippen molar-refractivity contribution in [2.45, 2.75) is 32.0 Å². The summed E-state index contributed by atoms with van der Waals surface area (Å²) in [6, 6.07) is 12.7. The zero-order valence-electron chi connectivity index (χ0n) is 15.0. The fourth-order valence-corrected chi connectivity index (χ4v) is 3.18. The van der Waals surface area contributed by atoms with Gasteiger partial charge in [0.05, 0.1) is 24.4 Å². The van der Waals surface area contributed by atoms with E-state index < -0.39 is 6.10 Å². The minimum atomic E-state index is -0.605. The Morgan fingerprint density at radius 3 is 2.96 bits per heavy atom. The molecule has 0 saturated carbocycles. The molecule has 2 N–H and O–H groups in total. The molecule has 1 aliphatic heterocycles. The largest absolute Gasteiger partial charge is 0.494 e. The Kier molecular flexibility index (Phi) is 6.20. The zero-order valence-corrected chi connectivity index (χ0v) is 15.0. The summed E-state index contributed by atoms with van der Waals surface area (Å²) in [5.74, 6) is 0.486. The van der Waals surface area contributed by atoms with Gasteiger partial charge in [-0.2, -0.15) is 0 Å². The normalized spacial score (nSPS) is 20.5. The average molecular weight is 355 g/mol. The van der Waals surface area contributed by atoms with E-state index in [9.17, 15) is 9.90 Å². The number of aliphatic hydroxyl groups is 1. The monoisotopic (exact) mass is 355 g/mol. The molecule has 6 nitrogen and oxygen atoms in total. The first-order chi connectivity index (χ1) is 12.7. The second kappa shape index (κ2) is 8.78. The fraction of sp³-hybridized carbons (Fsp3) is 0.400. The van der Waals surface area contributed by atoms with E-state index in [2.05, 4.69) is 15.2 Å². The maximum atomic E-state index is 12.5. The predicted octanol–water partition coefficient (Wildman–Crippen LogP) is 1.85. The van der Waals surface area contributed by atoms with Crippen molar-refractivity contribution in [3.05, 3.63) is 59.9 Å². The smallest absolute Gasteiger partial charge is 0.251 e. The van der Waals surface area contributed by atoms with Crippen LogP contribution >= 0.6 is 0 Å². The van der Waals surface area contributed by atoms with Gasteiger partial charge in [-0.15, -0.1) is 0 Å². The number of ether oxygens (including phenoxy) is 1. The van der Waals surface area contributed by atoms with E-state index in [4.69, 9.17) is 4.74 Å². The molecule has 26 heavy (non-hydrogen) atoms. The number of likely N-dealkylation sites (tertiary alicyclic amines) is 1. The van der Waals surface area contributed by atoms with Crippen molar-refractivity contribution in [1.29, 1.82) is 0 Å². The molecule has 2 heterocycles. The van der Waals surface area contributed by atoms with Crippen LogP contribution in [-0.2, 0) is 6.54 Å². The number of pyridine rings is 1. The maximum Gasteiger partial charge on any atom is 0.251 e. The minimum absolute atomic E-state index is 0.186. The molecule has 3 rings (SSSR count). The molecule has 1 amide bonds. The van der Waals surface area contributed by atoms with Crippen LogP contribution < -0.4 is 10.1 Å². The molecule has 1 saturated heterocycles. The summed E-state index contributed by atoms with van der Waals surface area (Å²) in [5.41, 5.74) is 1.52.